The van der Waals surface area contributed by atoms with Crippen molar-refractivity contribution < 1.29 is 14.3 Å². The molecule has 1 saturated heterocycles. The van der Waals surface area contributed by atoms with Gasteiger partial charge >= 0.3 is 5.97 Å². The van der Waals surface area contributed by atoms with E-state index in [9.17, 15) is 4.79 Å². The highest BCUT2D eigenvalue weighted by molar-refractivity contribution is 6.34. The molecule has 1 aliphatic rings. The van der Waals surface area contributed by atoms with Gasteiger partial charge in [0.15, 0.2) is 0 Å². The third-order valence-electron chi connectivity index (χ3n) is 3.03. The lowest BCUT2D eigenvalue weighted by atomic mass is 10.1. The first-order valence-electron chi connectivity index (χ1n) is 6.13. The van der Waals surface area contributed by atoms with Crippen LogP contribution >= 0.6 is 11.6 Å². The van der Waals surface area contributed by atoms with E-state index in [1.165, 1.54) is 7.11 Å². The summed E-state index contributed by atoms with van der Waals surface area (Å²) in [5, 5.41) is 3.66. The Morgan fingerprint density at radius 3 is 3.00 bits per heavy atom. The molecule has 6 heteroatoms. The molecule has 0 radical (unpaired) electrons. The predicted molar refractivity (Wildman–Crippen MR) is 74.7 cm³/mol. The van der Waals surface area contributed by atoms with Gasteiger partial charge < -0.3 is 20.5 Å². The van der Waals surface area contributed by atoms with Crippen molar-refractivity contribution in [3.8, 4) is 0 Å². The highest BCUT2D eigenvalue weighted by atomic mass is 35.5. The van der Waals surface area contributed by atoms with Crippen LogP contribution in [-0.4, -0.2) is 32.3 Å². The summed E-state index contributed by atoms with van der Waals surface area (Å²) in [4.78, 5) is 11.8. The van der Waals surface area contributed by atoms with Gasteiger partial charge in [-0.25, -0.2) is 4.79 Å². The maximum atomic E-state index is 11.8. The molecular weight excluding hydrogens is 268 g/mol. The number of esters is 1. The highest BCUT2D eigenvalue weighted by Crippen LogP contribution is 2.31. The molecule has 0 spiro atoms. The second kappa shape index (κ2) is 6.12. The fourth-order valence-corrected chi connectivity index (χ4v) is 2.39. The Bertz CT molecular complexity index is 473. The van der Waals surface area contributed by atoms with Gasteiger partial charge in [0.05, 0.1) is 30.0 Å². The monoisotopic (exact) mass is 284 g/mol. The molecule has 0 bridgehead atoms. The molecule has 1 heterocycles. The average molecular weight is 285 g/mol. The van der Waals surface area contributed by atoms with E-state index in [2.05, 4.69) is 5.32 Å². The minimum Gasteiger partial charge on any atom is -0.465 e. The fourth-order valence-electron chi connectivity index (χ4n) is 2.10. The summed E-state index contributed by atoms with van der Waals surface area (Å²) < 4.78 is 10.1. The van der Waals surface area contributed by atoms with E-state index in [1.54, 1.807) is 12.1 Å². The van der Waals surface area contributed by atoms with E-state index in [4.69, 9.17) is 26.8 Å². The summed E-state index contributed by atoms with van der Waals surface area (Å²) in [6.07, 6.45) is 1.96. The van der Waals surface area contributed by atoms with Crippen LogP contribution in [0.1, 0.15) is 23.2 Å². The molecule has 1 fully saturated rings. The molecule has 1 aromatic carbocycles. The van der Waals surface area contributed by atoms with Crippen molar-refractivity contribution in [1.82, 2.24) is 0 Å². The maximum Gasteiger partial charge on any atom is 0.340 e. The third kappa shape index (κ3) is 3.30. The number of carbonyl (C=O) groups is 1. The van der Waals surface area contributed by atoms with Gasteiger partial charge in [-0.1, -0.05) is 11.6 Å². The maximum absolute atomic E-state index is 11.8. The van der Waals surface area contributed by atoms with Crippen molar-refractivity contribution >= 4 is 28.9 Å². The second-order valence-corrected chi connectivity index (χ2v) is 4.88. The van der Waals surface area contributed by atoms with Gasteiger partial charge in [-0.2, -0.15) is 0 Å². The number of benzene rings is 1. The van der Waals surface area contributed by atoms with Crippen molar-refractivity contribution in [3.63, 3.8) is 0 Å². The number of hydrogen-bond acceptors (Lipinski definition) is 5. The quantitative estimate of drug-likeness (QED) is 0.658. The van der Waals surface area contributed by atoms with Crippen LogP contribution in [0.25, 0.3) is 0 Å². The van der Waals surface area contributed by atoms with Gasteiger partial charge in [-0.05, 0) is 25.0 Å². The normalized spacial score (nSPS) is 18.9. The molecule has 1 aromatic rings. The lowest BCUT2D eigenvalue weighted by Gasteiger charge is -2.25. The SMILES string of the molecule is COC(=O)c1cc(N)cc(Cl)c1NC1CCCOC1. The summed E-state index contributed by atoms with van der Waals surface area (Å²) in [6.45, 7) is 1.37. The highest BCUT2D eigenvalue weighted by Gasteiger charge is 2.20. The zero-order chi connectivity index (χ0) is 13.8. The summed E-state index contributed by atoms with van der Waals surface area (Å²) >= 11 is 6.16. The Kier molecular flexibility index (Phi) is 4.50. The molecule has 1 aliphatic heterocycles. The standard InChI is InChI=1S/C13H17ClN2O3/c1-18-13(17)10-5-8(15)6-11(14)12(10)16-9-3-2-4-19-7-9/h5-6,9,16H,2-4,7,15H2,1H3. The minimum absolute atomic E-state index is 0.137. The molecule has 1 atom stereocenters. The molecule has 0 aliphatic carbocycles. The molecule has 3 N–H and O–H groups in total. The van der Waals surface area contributed by atoms with Gasteiger partial charge in [0.1, 0.15) is 0 Å². The zero-order valence-corrected chi connectivity index (χ0v) is 11.5. The van der Waals surface area contributed by atoms with E-state index in [1.807, 2.05) is 0 Å². The summed E-state index contributed by atoms with van der Waals surface area (Å²) in [5.74, 6) is -0.464. The fraction of sp³-hybridized carbons (Fsp3) is 0.462. The van der Waals surface area contributed by atoms with Crippen molar-refractivity contribution in [2.24, 2.45) is 0 Å². The second-order valence-electron chi connectivity index (χ2n) is 4.48. The van der Waals surface area contributed by atoms with E-state index < -0.39 is 5.97 Å². The molecule has 2 rings (SSSR count). The van der Waals surface area contributed by atoms with Gasteiger partial charge in [0, 0.05) is 18.3 Å². The van der Waals surface area contributed by atoms with Gasteiger partial charge in [-0.15, -0.1) is 0 Å². The number of methoxy groups -OCH3 is 1. The Morgan fingerprint density at radius 1 is 1.58 bits per heavy atom. The van der Waals surface area contributed by atoms with E-state index in [0.29, 0.717) is 28.6 Å². The number of anilines is 2. The number of carbonyl (C=O) groups excluding carboxylic acids is 1. The predicted octanol–water partition coefficient (Wildman–Crippen LogP) is 2.30. The van der Waals surface area contributed by atoms with Crippen LogP contribution in [0.3, 0.4) is 0 Å². The zero-order valence-electron chi connectivity index (χ0n) is 10.7. The Labute approximate surface area is 117 Å². The first-order chi connectivity index (χ1) is 9.11. The van der Waals surface area contributed by atoms with Crippen molar-refractivity contribution in [1.29, 1.82) is 0 Å². The smallest absolute Gasteiger partial charge is 0.340 e. The number of rotatable bonds is 3. The molecule has 5 nitrogen and oxygen atoms in total. The Balaban J connectivity index is 2.28. The number of nitrogen functional groups attached to an aromatic ring is 1. The topological polar surface area (TPSA) is 73.6 Å². The van der Waals surface area contributed by atoms with E-state index in [0.717, 1.165) is 19.4 Å². The third-order valence-corrected chi connectivity index (χ3v) is 3.32. The summed E-state index contributed by atoms with van der Waals surface area (Å²) in [5.41, 5.74) is 7.04. The van der Waals surface area contributed by atoms with E-state index in [-0.39, 0.29) is 6.04 Å². The van der Waals surface area contributed by atoms with Crippen LogP contribution in [0.4, 0.5) is 11.4 Å². The van der Waals surface area contributed by atoms with Crippen molar-refractivity contribution in [2.45, 2.75) is 18.9 Å². The molecule has 19 heavy (non-hydrogen) atoms. The molecule has 0 saturated carbocycles. The summed E-state index contributed by atoms with van der Waals surface area (Å²) in [6, 6.07) is 3.31. The molecule has 104 valence electrons. The largest absolute Gasteiger partial charge is 0.465 e. The number of nitrogens with one attached hydrogen (secondary N) is 1. The van der Waals surface area contributed by atoms with Crippen LogP contribution in [-0.2, 0) is 9.47 Å². The molecular formula is C13H17ClN2O3. The lowest BCUT2D eigenvalue weighted by Crippen LogP contribution is -2.30. The van der Waals surface area contributed by atoms with Crippen LogP contribution in [0.15, 0.2) is 12.1 Å². The first-order valence-corrected chi connectivity index (χ1v) is 6.51. The lowest BCUT2D eigenvalue weighted by molar-refractivity contribution is 0.0601. The van der Waals surface area contributed by atoms with Crippen LogP contribution in [0.5, 0.6) is 0 Å². The van der Waals surface area contributed by atoms with E-state index >= 15 is 0 Å². The van der Waals surface area contributed by atoms with Gasteiger partial charge in [0.2, 0.25) is 0 Å². The molecule has 0 amide bonds. The number of nitrogens with two attached hydrogens (primary N) is 1. The average Bonchev–Trinajstić information content (AvgIpc) is 2.42. The molecule has 0 aromatic heterocycles. The van der Waals surface area contributed by atoms with Gasteiger partial charge in [-0.3, -0.25) is 0 Å². The van der Waals surface area contributed by atoms with Crippen molar-refractivity contribution in [3.05, 3.63) is 22.7 Å². The first kappa shape index (κ1) is 14.0. The minimum atomic E-state index is -0.464. The van der Waals surface area contributed by atoms with Crippen LogP contribution in [0, 0.1) is 0 Å². The number of ether oxygens (including phenoxy) is 2. The Hall–Kier alpha value is -1.46. The van der Waals surface area contributed by atoms with Crippen molar-refractivity contribution in [2.75, 3.05) is 31.4 Å². The number of halogens is 1. The summed E-state index contributed by atoms with van der Waals surface area (Å²) in [7, 11) is 1.33. The van der Waals surface area contributed by atoms with Crippen LogP contribution < -0.4 is 11.1 Å². The molecule has 1 unspecified atom stereocenters. The number of hydrogen-bond donors (Lipinski definition) is 2. The van der Waals surface area contributed by atoms with Gasteiger partial charge in [0.25, 0.3) is 0 Å². The van der Waals surface area contributed by atoms with Crippen LogP contribution in [0.2, 0.25) is 5.02 Å². The Morgan fingerprint density at radius 2 is 2.37 bits per heavy atom.